The van der Waals surface area contributed by atoms with Crippen LogP contribution in [-0.2, 0) is 4.79 Å². The van der Waals surface area contributed by atoms with Gasteiger partial charge in [-0.15, -0.1) is 0 Å². The fourth-order valence-electron chi connectivity index (χ4n) is 1.91. The van der Waals surface area contributed by atoms with Crippen molar-refractivity contribution < 1.29 is 18.7 Å². The van der Waals surface area contributed by atoms with E-state index in [2.05, 4.69) is 5.32 Å². The summed E-state index contributed by atoms with van der Waals surface area (Å²) in [5.41, 5.74) is -1.00. The fraction of sp³-hybridized carbons (Fsp3) is 0.917. The van der Waals surface area contributed by atoms with Crippen LogP contribution in [-0.4, -0.2) is 54.1 Å². The molecule has 0 aromatic rings. The molecule has 0 rings (SSSR count). The molecule has 0 spiro atoms. The maximum absolute atomic E-state index is 12.1. The van der Waals surface area contributed by atoms with Crippen LogP contribution in [0.25, 0.3) is 0 Å². The molecule has 0 saturated heterocycles. The molecule has 0 amide bonds. The van der Waals surface area contributed by atoms with E-state index in [1.807, 2.05) is 13.8 Å². The SMILES string of the molecule is CC(C)NC(C)(CCCN(C)CC(F)F)C(=O)O. The Bertz CT molecular complexity index is 262. The molecule has 0 heterocycles. The molecule has 0 aliphatic carbocycles. The highest BCUT2D eigenvalue weighted by Gasteiger charge is 2.32. The smallest absolute Gasteiger partial charge is 0.323 e. The fourth-order valence-corrected chi connectivity index (χ4v) is 1.91. The van der Waals surface area contributed by atoms with Gasteiger partial charge >= 0.3 is 5.97 Å². The summed E-state index contributed by atoms with van der Waals surface area (Å²) in [6.07, 6.45) is -1.38. The van der Waals surface area contributed by atoms with Crippen molar-refractivity contribution in [3.8, 4) is 0 Å². The van der Waals surface area contributed by atoms with Crippen LogP contribution in [0.4, 0.5) is 8.78 Å². The van der Waals surface area contributed by atoms with Crippen molar-refractivity contribution in [2.75, 3.05) is 20.1 Å². The van der Waals surface area contributed by atoms with E-state index in [0.717, 1.165) is 0 Å². The van der Waals surface area contributed by atoms with Crippen molar-refractivity contribution in [3.63, 3.8) is 0 Å². The minimum absolute atomic E-state index is 0.0601. The van der Waals surface area contributed by atoms with Crippen molar-refractivity contribution >= 4 is 5.97 Å². The standard InChI is InChI=1S/C12H24F2N2O2/c1-9(2)15-12(3,11(17)18)6-5-7-16(4)8-10(13)14/h9-10,15H,5-8H2,1-4H3,(H,17,18). The molecule has 6 heteroatoms. The summed E-state index contributed by atoms with van der Waals surface area (Å²) >= 11 is 0. The molecule has 0 bridgehead atoms. The van der Waals surface area contributed by atoms with Crippen molar-refractivity contribution in [2.24, 2.45) is 0 Å². The number of rotatable bonds is 9. The van der Waals surface area contributed by atoms with Gasteiger partial charge in [-0.05, 0) is 47.2 Å². The van der Waals surface area contributed by atoms with Gasteiger partial charge in [-0.2, -0.15) is 0 Å². The largest absolute Gasteiger partial charge is 0.480 e. The highest BCUT2D eigenvalue weighted by atomic mass is 19.3. The molecular weight excluding hydrogens is 242 g/mol. The third-order valence-corrected chi connectivity index (χ3v) is 2.75. The highest BCUT2D eigenvalue weighted by molar-refractivity contribution is 5.78. The Balaban J connectivity index is 4.17. The van der Waals surface area contributed by atoms with E-state index in [1.165, 1.54) is 4.90 Å². The van der Waals surface area contributed by atoms with Gasteiger partial charge in [0.15, 0.2) is 0 Å². The Labute approximate surface area is 107 Å². The predicted molar refractivity (Wildman–Crippen MR) is 67.0 cm³/mol. The Morgan fingerprint density at radius 2 is 2.00 bits per heavy atom. The number of carboxylic acids is 1. The zero-order valence-electron chi connectivity index (χ0n) is 11.5. The zero-order valence-corrected chi connectivity index (χ0v) is 11.5. The summed E-state index contributed by atoms with van der Waals surface area (Å²) < 4.78 is 24.2. The highest BCUT2D eigenvalue weighted by Crippen LogP contribution is 2.14. The summed E-state index contributed by atoms with van der Waals surface area (Å²) in [6.45, 7) is 5.57. The van der Waals surface area contributed by atoms with Crippen LogP contribution in [0.3, 0.4) is 0 Å². The molecule has 0 aromatic carbocycles. The lowest BCUT2D eigenvalue weighted by Crippen LogP contribution is -2.52. The summed E-state index contributed by atoms with van der Waals surface area (Å²) in [6, 6.07) is 0.0601. The molecule has 0 aliphatic rings. The Morgan fingerprint density at radius 3 is 2.39 bits per heavy atom. The average Bonchev–Trinajstić information content (AvgIpc) is 2.14. The van der Waals surface area contributed by atoms with Crippen LogP contribution in [0.2, 0.25) is 0 Å². The van der Waals surface area contributed by atoms with Crippen LogP contribution in [0.15, 0.2) is 0 Å². The van der Waals surface area contributed by atoms with E-state index in [-0.39, 0.29) is 12.6 Å². The minimum atomic E-state index is -2.35. The summed E-state index contributed by atoms with van der Waals surface area (Å²) in [5.74, 6) is -0.910. The van der Waals surface area contributed by atoms with Gasteiger partial charge in [0, 0.05) is 6.04 Å². The van der Waals surface area contributed by atoms with Crippen molar-refractivity contribution in [2.45, 2.75) is 51.6 Å². The maximum Gasteiger partial charge on any atom is 0.323 e. The zero-order chi connectivity index (χ0) is 14.3. The van der Waals surface area contributed by atoms with Gasteiger partial charge in [-0.1, -0.05) is 0 Å². The van der Waals surface area contributed by atoms with Crippen molar-refractivity contribution in [1.29, 1.82) is 0 Å². The molecule has 0 aliphatic heterocycles. The Morgan fingerprint density at radius 1 is 1.44 bits per heavy atom. The molecule has 108 valence electrons. The number of alkyl halides is 2. The van der Waals surface area contributed by atoms with Crippen molar-refractivity contribution in [1.82, 2.24) is 10.2 Å². The number of nitrogens with zero attached hydrogens (tertiary/aromatic N) is 1. The minimum Gasteiger partial charge on any atom is -0.480 e. The molecule has 1 unspecified atom stereocenters. The van der Waals surface area contributed by atoms with E-state index >= 15 is 0 Å². The van der Waals surface area contributed by atoms with E-state index in [9.17, 15) is 18.7 Å². The van der Waals surface area contributed by atoms with Gasteiger partial charge in [0.05, 0.1) is 6.54 Å². The second-order valence-electron chi connectivity index (χ2n) is 5.19. The third-order valence-electron chi connectivity index (χ3n) is 2.75. The average molecular weight is 266 g/mol. The lowest BCUT2D eigenvalue weighted by atomic mass is 9.95. The number of hydrogen-bond acceptors (Lipinski definition) is 3. The first kappa shape index (κ1) is 17.2. The second-order valence-corrected chi connectivity index (χ2v) is 5.19. The molecular formula is C12H24F2N2O2. The normalized spacial score (nSPS) is 15.4. The summed E-state index contributed by atoms with van der Waals surface area (Å²) in [5, 5.41) is 12.2. The summed E-state index contributed by atoms with van der Waals surface area (Å²) in [7, 11) is 1.61. The topological polar surface area (TPSA) is 52.6 Å². The van der Waals surface area contributed by atoms with Gasteiger partial charge in [0.1, 0.15) is 5.54 Å². The first-order valence-electron chi connectivity index (χ1n) is 6.15. The first-order valence-corrected chi connectivity index (χ1v) is 6.15. The van der Waals surface area contributed by atoms with Gasteiger partial charge in [-0.25, -0.2) is 8.78 Å². The predicted octanol–water partition coefficient (Wildman–Crippen LogP) is 1.80. The van der Waals surface area contributed by atoms with E-state index < -0.39 is 17.9 Å². The van der Waals surface area contributed by atoms with E-state index in [1.54, 1.807) is 14.0 Å². The van der Waals surface area contributed by atoms with Crippen LogP contribution >= 0.6 is 0 Å². The maximum atomic E-state index is 12.1. The molecule has 18 heavy (non-hydrogen) atoms. The van der Waals surface area contributed by atoms with Gasteiger partial charge in [0.25, 0.3) is 6.43 Å². The Kier molecular flexibility index (Phi) is 7.32. The quantitative estimate of drug-likeness (QED) is 0.668. The molecule has 0 radical (unpaired) electrons. The van der Waals surface area contributed by atoms with E-state index in [4.69, 9.17) is 0 Å². The summed E-state index contributed by atoms with van der Waals surface area (Å²) in [4.78, 5) is 12.7. The molecule has 0 fully saturated rings. The number of carbonyl (C=O) groups is 1. The molecule has 0 aromatic heterocycles. The van der Waals surface area contributed by atoms with Crippen LogP contribution in [0.5, 0.6) is 0 Å². The molecule has 1 atom stereocenters. The lowest BCUT2D eigenvalue weighted by Gasteiger charge is -2.29. The number of aliphatic carboxylic acids is 1. The lowest BCUT2D eigenvalue weighted by molar-refractivity contribution is -0.144. The van der Waals surface area contributed by atoms with Gasteiger partial charge in [0.2, 0.25) is 0 Å². The van der Waals surface area contributed by atoms with Gasteiger partial charge in [-0.3, -0.25) is 10.1 Å². The van der Waals surface area contributed by atoms with Crippen molar-refractivity contribution in [3.05, 3.63) is 0 Å². The first-order chi connectivity index (χ1) is 8.17. The number of nitrogens with one attached hydrogen (secondary N) is 1. The van der Waals surface area contributed by atoms with E-state index in [0.29, 0.717) is 19.4 Å². The third kappa shape index (κ3) is 6.86. The molecule has 0 saturated carbocycles. The second kappa shape index (κ2) is 7.63. The van der Waals surface area contributed by atoms with Crippen LogP contribution in [0.1, 0.15) is 33.6 Å². The molecule has 2 N–H and O–H groups in total. The number of carboxylic acid groups (broad SMARTS) is 1. The van der Waals surface area contributed by atoms with Crippen LogP contribution < -0.4 is 5.32 Å². The number of hydrogen-bond donors (Lipinski definition) is 2. The number of halogens is 2. The monoisotopic (exact) mass is 266 g/mol. The van der Waals surface area contributed by atoms with Crippen LogP contribution in [0, 0.1) is 0 Å². The molecule has 4 nitrogen and oxygen atoms in total. The Hall–Kier alpha value is -0.750. The van der Waals surface area contributed by atoms with Gasteiger partial charge < -0.3 is 10.0 Å².